The summed E-state index contributed by atoms with van der Waals surface area (Å²) in [6, 6.07) is 3.26. The molecule has 0 atom stereocenters. The van der Waals surface area contributed by atoms with Gasteiger partial charge in [-0.1, -0.05) is 0 Å². The number of benzene rings is 1. The predicted molar refractivity (Wildman–Crippen MR) is 92.9 cm³/mol. The number of anilines is 1. The smallest absolute Gasteiger partial charge is 0.295 e. The molecular formula is C12H19N5O5S2. The van der Waals surface area contributed by atoms with Gasteiger partial charge in [0.25, 0.3) is 5.69 Å². The van der Waals surface area contributed by atoms with Crippen LogP contribution in [0.25, 0.3) is 0 Å². The second-order valence-corrected chi connectivity index (χ2v) is 6.51. The molecule has 10 nitrogen and oxygen atoms in total. The zero-order valence-corrected chi connectivity index (χ0v) is 14.6. The van der Waals surface area contributed by atoms with E-state index in [-0.39, 0.29) is 15.7 Å². The maximum absolute atomic E-state index is 11.3. The van der Waals surface area contributed by atoms with E-state index in [1.807, 2.05) is 6.92 Å². The minimum atomic E-state index is -4.03. The van der Waals surface area contributed by atoms with Gasteiger partial charge >= 0.3 is 0 Å². The first-order valence-corrected chi connectivity index (χ1v) is 8.90. The molecule has 0 fully saturated rings. The van der Waals surface area contributed by atoms with Crippen molar-refractivity contribution in [2.75, 3.05) is 25.2 Å². The molecule has 0 aliphatic carbocycles. The molecule has 1 rings (SSSR count). The Morgan fingerprint density at radius 1 is 1.46 bits per heavy atom. The minimum absolute atomic E-state index is 0.0471. The van der Waals surface area contributed by atoms with Crippen LogP contribution in [-0.4, -0.2) is 38.2 Å². The highest BCUT2D eigenvalue weighted by molar-refractivity contribution is 7.89. The minimum Gasteiger partial charge on any atom is -0.382 e. The number of primary sulfonamides is 1. The van der Waals surface area contributed by atoms with Gasteiger partial charge in [-0.2, -0.15) is 0 Å². The van der Waals surface area contributed by atoms with E-state index in [2.05, 4.69) is 16.2 Å². The Kier molecular flexibility index (Phi) is 7.78. The van der Waals surface area contributed by atoms with Crippen LogP contribution in [0.4, 0.5) is 11.4 Å². The number of rotatable bonds is 9. The second kappa shape index (κ2) is 9.32. The fraction of sp³-hybridized carbons (Fsp3) is 0.417. The molecule has 12 heteroatoms. The Hall–Kier alpha value is -2.02. The van der Waals surface area contributed by atoms with Gasteiger partial charge in [-0.3, -0.25) is 21.0 Å². The Labute approximate surface area is 144 Å². The molecule has 1 aromatic rings. The summed E-state index contributed by atoms with van der Waals surface area (Å²) in [5.74, 6) is 0. The lowest BCUT2D eigenvalue weighted by atomic mass is 10.3. The maximum atomic E-state index is 11.3. The molecule has 0 aliphatic heterocycles. The molecular weight excluding hydrogens is 358 g/mol. The number of nitrogens with one attached hydrogen (secondary N) is 3. The van der Waals surface area contributed by atoms with Crippen LogP contribution in [0, 0.1) is 10.1 Å². The van der Waals surface area contributed by atoms with E-state index in [0.717, 1.165) is 18.6 Å². The van der Waals surface area contributed by atoms with Gasteiger partial charge in [0.05, 0.1) is 9.82 Å². The standard InChI is InChI=1S/C12H19N5O5S2/c1-2-22-7-3-6-14-12(23)16-15-10-5-4-9(24(13,20)21)8-11(10)17(18)19/h4-5,8,15H,2-3,6-7H2,1H3,(H2,13,20,21)(H2,14,16,23). The number of nitrogens with zero attached hydrogens (tertiary/aromatic N) is 1. The van der Waals surface area contributed by atoms with Gasteiger partial charge in [-0.05, 0) is 37.7 Å². The number of nitro benzene ring substituents is 1. The highest BCUT2D eigenvalue weighted by atomic mass is 32.2. The normalized spacial score (nSPS) is 10.9. The molecule has 0 spiro atoms. The van der Waals surface area contributed by atoms with Crippen molar-refractivity contribution < 1.29 is 18.1 Å². The summed E-state index contributed by atoms with van der Waals surface area (Å²) < 4.78 is 27.7. The van der Waals surface area contributed by atoms with E-state index in [1.165, 1.54) is 6.07 Å². The number of hydrogen-bond acceptors (Lipinski definition) is 7. The molecule has 0 aliphatic rings. The number of ether oxygens (including phenoxy) is 1. The molecule has 0 saturated heterocycles. The highest BCUT2D eigenvalue weighted by Gasteiger charge is 2.19. The van der Waals surface area contributed by atoms with Gasteiger partial charge in [-0.15, -0.1) is 0 Å². The lowest BCUT2D eigenvalue weighted by Crippen LogP contribution is -2.39. The quantitative estimate of drug-likeness (QED) is 0.208. The van der Waals surface area contributed by atoms with Crippen LogP contribution in [0.1, 0.15) is 13.3 Å². The molecule has 24 heavy (non-hydrogen) atoms. The molecule has 0 amide bonds. The van der Waals surface area contributed by atoms with Gasteiger partial charge in [0.15, 0.2) is 5.11 Å². The predicted octanol–water partition coefficient (Wildman–Crippen LogP) is 0.460. The molecule has 0 aromatic heterocycles. The summed E-state index contributed by atoms with van der Waals surface area (Å²) in [6.07, 6.45) is 0.749. The lowest BCUT2D eigenvalue weighted by molar-refractivity contribution is -0.384. The van der Waals surface area contributed by atoms with Gasteiger partial charge in [0.1, 0.15) is 5.69 Å². The van der Waals surface area contributed by atoms with Crippen molar-refractivity contribution in [1.82, 2.24) is 10.7 Å². The number of thiocarbonyl (C=S) groups is 1. The average Bonchev–Trinajstić information content (AvgIpc) is 2.51. The van der Waals surface area contributed by atoms with Crippen LogP contribution in [0.3, 0.4) is 0 Å². The molecule has 0 heterocycles. The Balaban J connectivity index is 2.64. The third-order valence-electron chi connectivity index (χ3n) is 2.76. The molecule has 1 aromatic carbocycles. The highest BCUT2D eigenvalue weighted by Crippen LogP contribution is 2.26. The van der Waals surface area contributed by atoms with Crippen molar-refractivity contribution in [3.8, 4) is 0 Å². The van der Waals surface area contributed by atoms with Crippen molar-refractivity contribution in [3.05, 3.63) is 28.3 Å². The van der Waals surface area contributed by atoms with E-state index >= 15 is 0 Å². The van der Waals surface area contributed by atoms with Gasteiger partial charge in [0, 0.05) is 25.8 Å². The Morgan fingerprint density at radius 3 is 2.75 bits per heavy atom. The third kappa shape index (κ3) is 6.62. The molecule has 134 valence electrons. The third-order valence-corrected chi connectivity index (χ3v) is 3.92. The summed E-state index contributed by atoms with van der Waals surface area (Å²) >= 11 is 5.01. The largest absolute Gasteiger partial charge is 0.382 e. The topological polar surface area (TPSA) is 149 Å². The number of sulfonamides is 1. The van der Waals surface area contributed by atoms with E-state index in [1.54, 1.807) is 0 Å². The summed E-state index contributed by atoms with van der Waals surface area (Å²) in [4.78, 5) is 9.98. The van der Waals surface area contributed by atoms with E-state index in [9.17, 15) is 18.5 Å². The number of hydrazine groups is 1. The van der Waals surface area contributed by atoms with Gasteiger partial charge in [0.2, 0.25) is 10.0 Å². The van der Waals surface area contributed by atoms with E-state index in [0.29, 0.717) is 19.8 Å². The van der Waals surface area contributed by atoms with Crippen LogP contribution in [0.2, 0.25) is 0 Å². The molecule has 0 saturated carbocycles. The first-order chi connectivity index (χ1) is 11.3. The van der Waals surface area contributed by atoms with Crippen LogP contribution in [0.15, 0.2) is 23.1 Å². The lowest BCUT2D eigenvalue weighted by Gasteiger charge is -2.13. The zero-order chi connectivity index (χ0) is 18.2. The second-order valence-electron chi connectivity index (χ2n) is 4.54. The summed E-state index contributed by atoms with van der Waals surface area (Å²) in [7, 11) is -4.03. The molecule has 0 unspecified atom stereocenters. The first-order valence-electron chi connectivity index (χ1n) is 6.94. The summed E-state index contributed by atoms with van der Waals surface area (Å²) in [5.41, 5.74) is 4.75. The van der Waals surface area contributed by atoms with Crippen LogP contribution in [0.5, 0.6) is 0 Å². The van der Waals surface area contributed by atoms with Crippen LogP contribution in [-0.2, 0) is 14.8 Å². The van der Waals surface area contributed by atoms with Crippen molar-refractivity contribution in [2.24, 2.45) is 5.14 Å². The van der Waals surface area contributed by atoms with E-state index in [4.69, 9.17) is 22.1 Å². The number of hydrogen-bond donors (Lipinski definition) is 4. The fourth-order valence-electron chi connectivity index (χ4n) is 1.63. The first kappa shape index (κ1) is 20.0. The SMILES string of the molecule is CCOCCCNC(=S)NNc1ccc(S(N)(=O)=O)cc1[N+](=O)[O-]. The van der Waals surface area contributed by atoms with Crippen molar-refractivity contribution >= 4 is 38.7 Å². The van der Waals surface area contributed by atoms with E-state index < -0.39 is 20.6 Å². The van der Waals surface area contributed by atoms with Gasteiger partial charge in [-0.25, -0.2) is 13.6 Å². The van der Waals surface area contributed by atoms with Gasteiger partial charge < -0.3 is 10.1 Å². The molecule has 5 N–H and O–H groups in total. The fourth-order valence-corrected chi connectivity index (χ4v) is 2.32. The molecule has 0 bridgehead atoms. The summed E-state index contributed by atoms with van der Waals surface area (Å²) in [6.45, 7) is 3.71. The maximum Gasteiger partial charge on any atom is 0.295 e. The Bertz CT molecular complexity index is 695. The van der Waals surface area contributed by atoms with Crippen molar-refractivity contribution in [3.63, 3.8) is 0 Å². The average molecular weight is 377 g/mol. The zero-order valence-electron chi connectivity index (χ0n) is 12.9. The number of nitrogens with two attached hydrogens (primary N) is 1. The number of nitro groups is 1. The van der Waals surface area contributed by atoms with Crippen LogP contribution >= 0.6 is 12.2 Å². The molecule has 0 radical (unpaired) electrons. The van der Waals surface area contributed by atoms with Crippen molar-refractivity contribution in [2.45, 2.75) is 18.2 Å². The van der Waals surface area contributed by atoms with Crippen molar-refractivity contribution in [1.29, 1.82) is 0 Å². The monoisotopic (exact) mass is 377 g/mol. The Morgan fingerprint density at radius 2 is 2.17 bits per heavy atom. The summed E-state index contributed by atoms with van der Waals surface area (Å²) in [5, 5.41) is 19.1. The van der Waals surface area contributed by atoms with Crippen LogP contribution < -0.4 is 21.3 Å².